The van der Waals surface area contributed by atoms with Crippen LogP contribution in [0.1, 0.15) is 19.8 Å². The fourth-order valence-corrected chi connectivity index (χ4v) is 2.68. The summed E-state index contributed by atoms with van der Waals surface area (Å²) in [4.78, 5) is 10.4. The smallest absolute Gasteiger partial charge is 0.159 e. The van der Waals surface area contributed by atoms with E-state index in [2.05, 4.69) is 27.1 Å². The van der Waals surface area contributed by atoms with Gasteiger partial charge in [0.05, 0.1) is 5.69 Å². The molecule has 0 radical (unpaired) electrons. The molecule has 0 amide bonds. The van der Waals surface area contributed by atoms with Crippen LogP contribution in [0.2, 0.25) is 0 Å². The molecule has 3 N–H and O–H groups in total. The van der Waals surface area contributed by atoms with Crippen molar-refractivity contribution in [2.75, 3.05) is 29.0 Å². The summed E-state index contributed by atoms with van der Waals surface area (Å²) in [6.45, 7) is 3.99. The maximum atomic E-state index is 13.8. The van der Waals surface area contributed by atoms with Crippen LogP contribution >= 0.6 is 0 Å². The van der Waals surface area contributed by atoms with Crippen LogP contribution in [-0.2, 0) is 0 Å². The van der Waals surface area contributed by atoms with Crippen LogP contribution in [0, 0.1) is 17.6 Å². The van der Waals surface area contributed by atoms with E-state index >= 15 is 0 Å². The molecule has 2 heterocycles. The molecule has 122 valence electrons. The Morgan fingerprint density at radius 3 is 2.65 bits per heavy atom. The molecule has 1 aliphatic heterocycles. The topological polar surface area (TPSA) is 67.1 Å². The summed E-state index contributed by atoms with van der Waals surface area (Å²) >= 11 is 0. The third-order valence-electron chi connectivity index (χ3n) is 4.13. The van der Waals surface area contributed by atoms with Crippen LogP contribution in [0.5, 0.6) is 0 Å². The summed E-state index contributed by atoms with van der Waals surface area (Å²) < 4.78 is 26.7. The number of benzene rings is 1. The quantitative estimate of drug-likeness (QED) is 0.908. The van der Waals surface area contributed by atoms with Crippen molar-refractivity contribution in [3.05, 3.63) is 36.2 Å². The largest absolute Gasteiger partial charge is 0.393 e. The second kappa shape index (κ2) is 6.36. The lowest BCUT2D eigenvalue weighted by Crippen LogP contribution is -2.34. The molecule has 7 heteroatoms. The van der Waals surface area contributed by atoms with E-state index < -0.39 is 11.6 Å². The van der Waals surface area contributed by atoms with Gasteiger partial charge in [0, 0.05) is 19.2 Å². The lowest BCUT2D eigenvalue weighted by molar-refractivity contribution is 0.437. The molecule has 23 heavy (non-hydrogen) atoms. The molecule has 0 saturated carbocycles. The van der Waals surface area contributed by atoms with E-state index in [1.807, 2.05) is 0 Å². The Morgan fingerprint density at radius 1 is 1.22 bits per heavy atom. The zero-order chi connectivity index (χ0) is 16.4. The predicted octanol–water partition coefficient (Wildman–Crippen LogP) is 3.32. The third-order valence-corrected chi connectivity index (χ3v) is 4.13. The molecule has 0 atom stereocenters. The van der Waals surface area contributed by atoms with Gasteiger partial charge in [-0.2, -0.15) is 0 Å². The lowest BCUT2D eigenvalue weighted by atomic mass is 9.99. The molecule has 0 unspecified atom stereocenters. The van der Waals surface area contributed by atoms with Crippen molar-refractivity contribution < 1.29 is 8.78 Å². The summed E-state index contributed by atoms with van der Waals surface area (Å²) in [7, 11) is 0. The van der Waals surface area contributed by atoms with Gasteiger partial charge in [-0.05, 0) is 30.9 Å². The van der Waals surface area contributed by atoms with Gasteiger partial charge in [-0.3, -0.25) is 0 Å². The Kier molecular flexibility index (Phi) is 4.27. The maximum absolute atomic E-state index is 13.8. The van der Waals surface area contributed by atoms with E-state index in [1.54, 1.807) is 0 Å². The van der Waals surface area contributed by atoms with Crippen molar-refractivity contribution in [1.82, 2.24) is 9.97 Å². The average molecular weight is 319 g/mol. The molecule has 5 nitrogen and oxygen atoms in total. The minimum Gasteiger partial charge on any atom is -0.393 e. The molecule has 1 aromatic carbocycles. The molecule has 1 aromatic heterocycles. The number of nitrogens with one attached hydrogen (secondary N) is 1. The highest BCUT2D eigenvalue weighted by Gasteiger charge is 2.20. The molecule has 2 aromatic rings. The number of anilines is 4. The van der Waals surface area contributed by atoms with Gasteiger partial charge in [-0.25, -0.2) is 18.7 Å². The van der Waals surface area contributed by atoms with Gasteiger partial charge in [-0.15, -0.1) is 0 Å². The number of nitrogens with zero attached hydrogens (tertiary/aromatic N) is 3. The lowest BCUT2D eigenvalue weighted by Gasteiger charge is -2.32. The number of nitrogens with two attached hydrogens (primary N) is 1. The third kappa shape index (κ3) is 3.33. The molecule has 0 spiro atoms. The van der Waals surface area contributed by atoms with Crippen LogP contribution in [0.3, 0.4) is 0 Å². The second-order valence-electron chi connectivity index (χ2n) is 5.88. The van der Waals surface area contributed by atoms with Gasteiger partial charge in [0.2, 0.25) is 0 Å². The average Bonchev–Trinajstić information content (AvgIpc) is 2.53. The van der Waals surface area contributed by atoms with Gasteiger partial charge in [0.1, 0.15) is 23.6 Å². The number of piperidine rings is 1. The molecule has 1 aliphatic rings. The van der Waals surface area contributed by atoms with Crippen molar-refractivity contribution in [3.63, 3.8) is 0 Å². The van der Waals surface area contributed by atoms with E-state index in [1.165, 1.54) is 18.5 Å². The van der Waals surface area contributed by atoms with Crippen LogP contribution in [0.15, 0.2) is 24.5 Å². The Balaban J connectivity index is 1.85. The molecule has 0 bridgehead atoms. The normalized spacial score (nSPS) is 15.7. The first-order valence-corrected chi connectivity index (χ1v) is 7.62. The Morgan fingerprint density at radius 2 is 1.96 bits per heavy atom. The Labute approximate surface area is 133 Å². The van der Waals surface area contributed by atoms with E-state index in [0.717, 1.165) is 32.0 Å². The Hall–Kier alpha value is -2.44. The first-order valence-electron chi connectivity index (χ1n) is 7.62. The second-order valence-corrected chi connectivity index (χ2v) is 5.88. The van der Waals surface area contributed by atoms with Gasteiger partial charge in [0.15, 0.2) is 11.6 Å². The molecular weight excluding hydrogens is 300 g/mol. The van der Waals surface area contributed by atoms with Crippen LogP contribution in [-0.4, -0.2) is 23.1 Å². The van der Waals surface area contributed by atoms with E-state index in [-0.39, 0.29) is 5.69 Å². The highest BCUT2D eigenvalue weighted by atomic mass is 19.1. The van der Waals surface area contributed by atoms with Crippen LogP contribution < -0.4 is 16.0 Å². The van der Waals surface area contributed by atoms with Gasteiger partial charge in [0.25, 0.3) is 0 Å². The van der Waals surface area contributed by atoms with Gasteiger partial charge >= 0.3 is 0 Å². The Bertz CT molecular complexity index is 699. The fourth-order valence-electron chi connectivity index (χ4n) is 2.68. The number of halogens is 2. The molecule has 1 saturated heterocycles. The summed E-state index contributed by atoms with van der Waals surface area (Å²) in [6, 6.07) is 3.30. The number of rotatable bonds is 3. The number of nitrogen functional groups attached to an aromatic ring is 1. The summed E-state index contributed by atoms with van der Waals surface area (Å²) in [5.41, 5.74) is 6.64. The van der Waals surface area contributed by atoms with Gasteiger partial charge < -0.3 is 16.0 Å². The standard InChI is InChI=1S/C16H19F2N5/c1-10-4-6-23(7-5-10)16-14(19)15(20-9-21-16)22-13-3-2-11(17)8-12(13)18/h2-3,8-10H,4-7,19H2,1H3,(H,20,21,22). The molecule has 1 fully saturated rings. The van der Waals surface area contributed by atoms with Crippen molar-refractivity contribution in [2.24, 2.45) is 5.92 Å². The molecule has 3 rings (SSSR count). The molecular formula is C16H19F2N5. The summed E-state index contributed by atoms with van der Waals surface area (Å²) in [6.07, 6.45) is 3.56. The van der Waals surface area contributed by atoms with Crippen molar-refractivity contribution in [3.8, 4) is 0 Å². The fraction of sp³-hybridized carbons (Fsp3) is 0.375. The number of hydrogen-bond donors (Lipinski definition) is 2. The number of hydrogen-bond acceptors (Lipinski definition) is 5. The van der Waals surface area contributed by atoms with E-state index in [0.29, 0.717) is 23.2 Å². The van der Waals surface area contributed by atoms with Crippen molar-refractivity contribution >= 4 is 23.0 Å². The van der Waals surface area contributed by atoms with Crippen molar-refractivity contribution in [1.29, 1.82) is 0 Å². The summed E-state index contributed by atoms with van der Waals surface area (Å²) in [5.74, 6) is 0.333. The zero-order valence-corrected chi connectivity index (χ0v) is 12.9. The number of aromatic nitrogens is 2. The minimum atomic E-state index is -0.698. The molecule has 0 aliphatic carbocycles. The highest BCUT2D eigenvalue weighted by Crippen LogP contribution is 2.31. The minimum absolute atomic E-state index is 0.120. The van der Waals surface area contributed by atoms with E-state index in [4.69, 9.17) is 5.73 Å². The maximum Gasteiger partial charge on any atom is 0.159 e. The highest BCUT2D eigenvalue weighted by molar-refractivity contribution is 5.78. The SMILES string of the molecule is CC1CCN(c2ncnc(Nc3ccc(F)cc3F)c2N)CC1. The van der Waals surface area contributed by atoms with Crippen LogP contribution in [0.25, 0.3) is 0 Å². The van der Waals surface area contributed by atoms with E-state index in [9.17, 15) is 8.78 Å². The predicted molar refractivity (Wildman–Crippen MR) is 86.7 cm³/mol. The van der Waals surface area contributed by atoms with Crippen molar-refractivity contribution in [2.45, 2.75) is 19.8 Å². The van der Waals surface area contributed by atoms with Gasteiger partial charge in [-0.1, -0.05) is 6.92 Å². The monoisotopic (exact) mass is 319 g/mol. The van der Waals surface area contributed by atoms with Crippen LogP contribution in [0.4, 0.5) is 31.8 Å². The summed E-state index contributed by atoms with van der Waals surface area (Å²) in [5, 5.41) is 2.81. The first-order chi connectivity index (χ1) is 11.0. The zero-order valence-electron chi connectivity index (χ0n) is 12.9. The first kappa shape index (κ1) is 15.5.